The SMILES string of the molecule is COCCCOCCNC(C)C1CCCCC1. The highest BCUT2D eigenvalue weighted by Crippen LogP contribution is 2.26. The maximum Gasteiger partial charge on any atom is 0.0591 e. The molecule has 0 bridgehead atoms. The van der Waals surface area contributed by atoms with E-state index in [0.717, 1.165) is 38.7 Å². The number of hydrogen-bond acceptors (Lipinski definition) is 3. The van der Waals surface area contributed by atoms with E-state index in [-0.39, 0.29) is 0 Å². The van der Waals surface area contributed by atoms with Gasteiger partial charge < -0.3 is 14.8 Å². The van der Waals surface area contributed by atoms with E-state index in [9.17, 15) is 0 Å². The molecule has 1 N–H and O–H groups in total. The predicted octanol–water partition coefficient (Wildman–Crippen LogP) is 2.60. The zero-order chi connectivity index (χ0) is 12.3. The van der Waals surface area contributed by atoms with E-state index >= 15 is 0 Å². The maximum absolute atomic E-state index is 5.53. The van der Waals surface area contributed by atoms with Crippen molar-refractivity contribution in [1.82, 2.24) is 5.32 Å². The van der Waals surface area contributed by atoms with Gasteiger partial charge in [0.15, 0.2) is 0 Å². The lowest BCUT2D eigenvalue weighted by molar-refractivity contribution is 0.101. The third-order valence-electron chi connectivity index (χ3n) is 3.71. The molecule has 0 aromatic carbocycles. The Bertz CT molecular complexity index is 170. The van der Waals surface area contributed by atoms with Crippen molar-refractivity contribution >= 4 is 0 Å². The molecule has 3 heteroatoms. The molecule has 0 amide bonds. The first kappa shape index (κ1) is 14.9. The monoisotopic (exact) mass is 243 g/mol. The third kappa shape index (κ3) is 7.02. The van der Waals surface area contributed by atoms with E-state index in [4.69, 9.17) is 9.47 Å². The molecule has 1 unspecified atom stereocenters. The van der Waals surface area contributed by atoms with Crippen LogP contribution < -0.4 is 5.32 Å². The topological polar surface area (TPSA) is 30.5 Å². The molecule has 0 aromatic heterocycles. The van der Waals surface area contributed by atoms with Crippen molar-refractivity contribution in [2.24, 2.45) is 5.92 Å². The Morgan fingerprint density at radius 1 is 1.12 bits per heavy atom. The standard InChI is InChI=1S/C14H29NO2/c1-13(14-7-4-3-5-8-14)15-9-12-17-11-6-10-16-2/h13-15H,3-12H2,1-2H3. The summed E-state index contributed by atoms with van der Waals surface area (Å²) in [5.41, 5.74) is 0. The fraction of sp³-hybridized carbons (Fsp3) is 1.00. The van der Waals surface area contributed by atoms with E-state index in [1.807, 2.05) is 0 Å². The average molecular weight is 243 g/mol. The van der Waals surface area contributed by atoms with Crippen molar-refractivity contribution in [2.75, 3.05) is 33.5 Å². The minimum atomic E-state index is 0.651. The molecule has 3 nitrogen and oxygen atoms in total. The van der Waals surface area contributed by atoms with Gasteiger partial charge in [-0.3, -0.25) is 0 Å². The number of methoxy groups -OCH3 is 1. The third-order valence-corrected chi connectivity index (χ3v) is 3.71. The molecule has 0 saturated heterocycles. The van der Waals surface area contributed by atoms with Crippen molar-refractivity contribution in [3.05, 3.63) is 0 Å². The average Bonchev–Trinajstić information content (AvgIpc) is 2.38. The van der Waals surface area contributed by atoms with E-state index in [1.54, 1.807) is 7.11 Å². The van der Waals surface area contributed by atoms with Gasteiger partial charge in [0, 0.05) is 32.9 Å². The second-order valence-electron chi connectivity index (χ2n) is 5.10. The van der Waals surface area contributed by atoms with E-state index in [0.29, 0.717) is 6.04 Å². The zero-order valence-electron chi connectivity index (χ0n) is 11.5. The van der Waals surface area contributed by atoms with Crippen LogP contribution in [0, 0.1) is 5.92 Å². The Labute approximate surface area is 106 Å². The molecular formula is C14H29NO2. The van der Waals surface area contributed by atoms with Gasteiger partial charge in [0.2, 0.25) is 0 Å². The molecule has 1 saturated carbocycles. The maximum atomic E-state index is 5.53. The molecule has 0 radical (unpaired) electrons. The minimum absolute atomic E-state index is 0.651. The molecule has 1 aliphatic rings. The summed E-state index contributed by atoms with van der Waals surface area (Å²) in [7, 11) is 1.73. The summed E-state index contributed by atoms with van der Waals surface area (Å²) in [6, 6.07) is 0.651. The van der Waals surface area contributed by atoms with Crippen LogP contribution in [-0.4, -0.2) is 39.5 Å². The summed E-state index contributed by atoms with van der Waals surface area (Å²) in [4.78, 5) is 0. The Balaban J connectivity index is 1.90. The first-order valence-electron chi connectivity index (χ1n) is 7.14. The van der Waals surface area contributed by atoms with Crippen LogP contribution >= 0.6 is 0 Å². The zero-order valence-corrected chi connectivity index (χ0v) is 11.5. The number of ether oxygens (including phenoxy) is 2. The van der Waals surface area contributed by atoms with Crippen LogP contribution in [0.5, 0.6) is 0 Å². The van der Waals surface area contributed by atoms with Crippen LogP contribution in [0.1, 0.15) is 45.4 Å². The first-order valence-corrected chi connectivity index (χ1v) is 7.14. The molecule has 102 valence electrons. The predicted molar refractivity (Wildman–Crippen MR) is 71.4 cm³/mol. The lowest BCUT2D eigenvalue weighted by Gasteiger charge is -2.28. The van der Waals surface area contributed by atoms with Gasteiger partial charge in [0.05, 0.1) is 6.61 Å². The molecule has 0 heterocycles. The van der Waals surface area contributed by atoms with Gasteiger partial charge >= 0.3 is 0 Å². The molecule has 1 atom stereocenters. The van der Waals surface area contributed by atoms with Crippen molar-refractivity contribution in [3.8, 4) is 0 Å². The smallest absolute Gasteiger partial charge is 0.0591 e. The summed E-state index contributed by atoms with van der Waals surface area (Å²) in [5.74, 6) is 0.886. The van der Waals surface area contributed by atoms with Gasteiger partial charge in [-0.05, 0) is 32.1 Å². The summed E-state index contributed by atoms with van der Waals surface area (Å²) < 4.78 is 10.5. The van der Waals surface area contributed by atoms with Gasteiger partial charge in [-0.1, -0.05) is 19.3 Å². The Morgan fingerprint density at radius 3 is 2.59 bits per heavy atom. The van der Waals surface area contributed by atoms with Gasteiger partial charge in [0.25, 0.3) is 0 Å². The van der Waals surface area contributed by atoms with Crippen LogP contribution in [0.4, 0.5) is 0 Å². The highest BCUT2D eigenvalue weighted by Gasteiger charge is 2.18. The second-order valence-corrected chi connectivity index (χ2v) is 5.10. The molecule has 1 rings (SSSR count). The van der Waals surface area contributed by atoms with E-state index in [2.05, 4.69) is 12.2 Å². The molecule has 0 aromatic rings. The molecular weight excluding hydrogens is 214 g/mol. The van der Waals surface area contributed by atoms with Gasteiger partial charge in [-0.2, -0.15) is 0 Å². The Kier molecular flexibility index (Phi) is 8.67. The van der Waals surface area contributed by atoms with Crippen LogP contribution in [0.15, 0.2) is 0 Å². The molecule has 17 heavy (non-hydrogen) atoms. The number of hydrogen-bond donors (Lipinski definition) is 1. The fourth-order valence-corrected chi connectivity index (χ4v) is 2.57. The highest BCUT2D eigenvalue weighted by molar-refractivity contribution is 4.75. The van der Waals surface area contributed by atoms with Crippen LogP contribution in [0.2, 0.25) is 0 Å². The first-order chi connectivity index (χ1) is 8.34. The van der Waals surface area contributed by atoms with Crippen molar-refractivity contribution in [2.45, 2.75) is 51.5 Å². The minimum Gasteiger partial charge on any atom is -0.385 e. The normalized spacial score (nSPS) is 19.4. The quantitative estimate of drug-likeness (QED) is 0.631. The molecule has 0 spiro atoms. The summed E-state index contributed by atoms with van der Waals surface area (Å²) in [6.45, 7) is 5.73. The lowest BCUT2D eigenvalue weighted by Crippen LogP contribution is -2.36. The number of nitrogens with one attached hydrogen (secondary N) is 1. The van der Waals surface area contributed by atoms with E-state index < -0.39 is 0 Å². The van der Waals surface area contributed by atoms with Gasteiger partial charge in [-0.25, -0.2) is 0 Å². The summed E-state index contributed by atoms with van der Waals surface area (Å²) in [5, 5.41) is 3.59. The second kappa shape index (κ2) is 9.86. The van der Waals surface area contributed by atoms with Crippen molar-refractivity contribution in [3.63, 3.8) is 0 Å². The largest absolute Gasteiger partial charge is 0.385 e. The van der Waals surface area contributed by atoms with Crippen LogP contribution in [0.3, 0.4) is 0 Å². The van der Waals surface area contributed by atoms with E-state index in [1.165, 1.54) is 32.1 Å². The van der Waals surface area contributed by atoms with Crippen molar-refractivity contribution < 1.29 is 9.47 Å². The number of rotatable bonds is 9. The van der Waals surface area contributed by atoms with Crippen molar-refractivity contribution in [1.29, 1.82) is 0 Å². The van der Waals surface area contributed by atoms with Crippen LogP contribution in [-0.2, 0) is 9.47 Å². The molecule has 1 fully saturated rings. The Morgan fingerprint density at radius 2 is 1.88 bits per heavy atom. The fourth-order valence-electron chi connectivity index (χ4n) is 2.57. The van der Waals surface area contributed by atoms with Crippen LogP contribution in [0.25, 0.3) is 0 Å². The Hall–Kier alpha value is -0.120. The van der Waals surface area contributed by atoms with Gasteiger partial charge in [0.1, 0.15) is 0 Å². The summed E-state index contributed by atoms with van der Waals surface area (Å²) >= 11 is 0. The summed E-state index contributed by atoms with van der Waals surface area (Å²) in [6.07, 6.45) is 8.08. The lowest BCUT2D eigenvalue weighted by atomic mass is 9.84. The molecule has 0 aliphatic heterocycles. The van der Waals surface area contributed by atoms with Gasteiger partial charge in [-0.15, -0.1) is 0 Å². The molecule has 1 aliphatic carbocycles. The highest BCUT2D eigenvalue weighted by atomic mass is 16.5.